The van der Waals surface area contributed by atoms with Gasteiger partial charge in [0, 0.05) is 57.8 Å². The van der Waals surface area contributed by atoms with Gasteiger partial charge < -0.3 is 26.3 Å². The number of aromatic nitrogens is 8. The summed E-state index contributed by atoms with van der Waals surface area (Å²) in [6.45, 7) is 7.99. The second-order valence-electron chi connectivity index (χ2n) is 16.8. The number of nitrogen functional groups attached to an aromatic ring is 2. The van der Waals surface area contributed by atoms with Crippen molar-refractivity contribution in [3.63, 3.8) is 0 Å². The Hall–Kier alpha value is -5.67. The Morgan fingerprint density at radius 3 is 1.59 bits per heavy atom. The zero-order valence-electron chi connectivity index (χ0n) is 38.0. The fraction of sp³-hybridized carbons (Fsp3) is 0.319. The molecule has 0 saturated carbocycles. The van der Waals surface area contributed by atoms with E-state index in [9.17, 15) is 17.2 Å². The van der Waals surface area contributed by atoms with E-state index in [4.69, 9.17) is 67.3 Å². The Bertz CT molecular complexity index is 3100. The van der Waals surface area contributed by atoms with E-state index in [1.807, 2.05) is 17.8 Å². The molecule has 0 aliphatic carbocycles. The van der Waals surface area contributed by atoms with Crippen LogP contribution in [0.5, 0.6) is 11.5 Å². The summed E-state index contributed by atoms with van der Waals surface area (Å²) < 4.78 is 71.0. The standard InChI is InChI=1S/C27H27Cl2FN6O3S.C20H21Cl2FN6O/c1-16-3-5-20(6-4-16)40(37,38)35-11-9-19(10-12-35)36-15-23(33-34-36)18-13-24(27(31)32-14-18)39-17(2)25-21(28)7-8-22(30)26(25)29;1-11(18-14(21)2-3-15(23)19(18)22)30-17-8-12(9-26-20(17)24)16-10-29(28-27-16)13-4-6-25-7-5-13/h3-8,13-15,17,19H,9-12H2,1-2H3,(H2,31,32);2-3,8-11,13,25H,4-7H2,1H3,(H2,24,26). The van der Waals surface area contributed by atoms with E-state index in [1.165, 1.54) is 28.6 Å². The highest BCUT2D eigenvalue weighted by Crippen LogP contribution is 2.39. The average molecular weight is 1060 g/mol. The van der Waals surface area contributed by atoms with E-state index < -0.39 is 33.9 Å². The summed E-state index contributed by atoms with van der Waals surface area (Å²) >= 11 is 24.7. The van der Waals surface area contributed by atoms with Gasteiger partial charge in [0.05, 0.1) is 39.4 Å². The monoisotopic (exact) mass is 1050 g/mol. The van der Waals surface area contributed by atoms with E-state index >= 15 is 0 Å². The third-order valence-corrected chi connectivity index (χ3v) is 15.4. The van der Waals surface area contributed by atoms with Gasteiger partial charge in [-0.1, -0.05) is 74.5 Å². The molecule has 0 amide bonds. The number of nitrogens with zero attached hydrogens (tertiary/aromatic N) is 9. The Labute approximate surface area is 423 Å². The van der Waals surface area contributed by atoms with Crippen molar-refractivity contribution in [3.8, 4) is 34.0 Å². The number of aryl methyl sites for hydroxylation is 1. The Morgan fingerprint density at radius 2 is 1.13 bits per heavy atom. The highest BCUT2D eigenvalue weighted by Gasteiger charge is 2.31. The maximum absolute atomic E-state index is 14.0. The van der Waals surface area contributed by atoms with Crippen LogP contribution in [0.3, 0.4) is 0 Å². The molecule has 368 valence electrons. The number of hydrogen-bond acceptors (Lipinski definition) is 13. The first-order valence-corrected chi connectivity index (χ1v) is 25.2. The first kappa shape index (κ1) is 50.7. The minimum atomic E-state index is -3.55. The summed E-state index contributed by atoms with van der Waals surface area (Å²) in [4.78, 5) is 8.73. The summed E-state index contributed by atoms with van der Waals surface area (Å²) in [7, 11) is -3.55. The number of anilines is 2. The fourth-order valence-corrected chi connectivity index (χ4v) is 11.0. The summed E-state index contributed by atoms with van der Waals surface area (Å²) in [5.41, 5.74) is 16.2. The number of pyridine rings is 2. The number of ether oxygens (including phenoxy) is 2. The number of piperidine rings is 2. The molecule has 7 aromatic rings. The quantitative estimate of drug-likeness (QED) is 0.0975. The van der Waals surface area contributed by atoms with E-state index in [0.717, 1.165) is 31.5 Å². The molecule has 70 heavy (non-hydrogen) atoms. The molecule has 0 bridgehead atoms. The summed E-state index contributed by atoms with van der Waals surface area (Å²) in [6.07, 6.45) is 8.69. The van der Waals surface area contributed by atoms with Crippen molar-refractivity contribution in [3.05, 3.63) is 134 Å². The zero-order valence-corrected chi connectivity index (χ0v) is 41.9. The maximum Gasteiger partial charge on any atom is 0.243 e. The van der Waals surface area contributed by atoms with E-state index in [1.54, 1.807) is 73.5 Å². The predicted octanol–water partition coefficient (Wildman–Crippen LogP) is 10.3. The minimum Gasteiger partial charge on any atom is -0.482 e. The van der Waals surface area contributed by atoms with Gasteiger partial charge in [-0.05, 0) is 108 Å². The third kappa shape index (κ3) is 11.3. The molecule has 0 radical (unpaired) electrons. The van der Waals surface area contributed by atoms with Crippen LogP contribution in [-0.4, -0.2) is 78.9 Å². The molecule has 2 aliphatic heterocycles. The number of rotatable bonds is 12. The van der Waals surface area contributed by atoms with Gasteiger partial charge in [0.25, 0.3) is 0 Å². The van der Waals surface area contributed by atoms with Gasteiger partial charge in [-0.2, -0.15) is 4.31 Å². The summed E-state index contributed by atoms with van der Waals surface area (Å²) in [5, 5.41) is 20.8. The molecule has 2 saturated heterocycles. The molecule has 2 unspecified atom stereocenters. The summed E-state index contributed by atoms with van der Waals surface area (Å²) in [5.74, 6) is -0.264. The van der Waals surface area contributed by atoms with Crippen molar-refractivity contribution in [1.82, 2.24) is 49.6 Å². The van der Waals surface area contributed by atoms with Gasteiger partial charge >= 0.3 is 0 Å². The normalized spacial score (nSPS) is 15.8. The maximum atomic E-state index is 14.0. The first-order chi connectivity index (χ1) is 33.5. The number of hydrogen-bond donors (Lipinski definition) is 3. The topological polar surface area (TPSA) is 207 Å². The second kappa shape index (κ2) is 21.8. The molecule has 0 spiro atoms. The lowest BCUT2D eigenvalue weighted by molar-refractivity contribution is 0.227. The molecule has 6 heterocycles. The van der Waals surface area contributed by atoms with Gasteiger partial charge in [-0.25, -0.2) is 36.5 Å². The highest BCUT2D eigenvalue weighted by atomic mass is 35.5. The molecule has 16 nitrogen and oxygen atoms in total. The van der Waals surface area contributed by atoms with E-state index in [2.05, 4.69) is 35.9 Å². The minimum absolute atomic E-state index is 0.0135. The van der Waals surface area contributed by atoms with Crippen molar-refractivity contribution in [2.75, 3.05) is 37.6 Å². The predicted molar refractivity (Wildman–Crippen MR) is 266 cm³/mol. The van der Waals surface area contributed by atoms with Crippen LogP contribution in [0.4, 0.5) is 20.4 Å². The molecule has 4 aromatic heterocycles. The van der Waals surface area contributed by atoms with Crippen LogP contribution in [0.15, 0.2) is 90.3 Å². The van der Waals surface area contributed by atoms with Gasteiger partial charge in [0.15, 0.2) is 23.1 Å². The smallest absolute Gasteiger partial charge is 0.243 e. The lowest BCUT2D eigenvalue weighted by Gasteiger charge is -2.31. The van der Waals surface area contributed by atoms with Gasteiger partial charge in [-0.3, -0.25) is 0 Å². The third-order valence-electron chi connectivity index (χ3n) is 12.1. The lowest BCUT2D eigenvalue weighted by Crippen LogP contribution is -2.39. The van der Waals surface area contributed by atoms with E-state index in [0.29, 0.717) is 81.3 Å². The number of halogens is 6. The molecule has 2 aliphatic rings. The number of nitrogens with one attached hydrogen (secondary N) is 1. The van der Waals surface area contributed by atoms with Crippen LogP contribution in [0.25, 0.3) is 22.5 Å². The molecule has 5 N–H and O–H groups in total. The molecule has 9 rings (SSSR count). The first-order valence-electron chi connectivity index (χ1n) is 22.2. The molecular formula is C47H48Cl4F2N12O4S. The van der Waals surface area contributed by atoms with Gasteiger partial charge in [0.1, 0.15) is 35.2 Å². The van der Waals surface area contributed by atoms with Crippen LogP contribution < -0.4 is 26.3 Å². The van der Waals surface area contributed by atoms with Crippen molar-refractivity contribution in [1.29, 1.82) is 0 Å². The Kier molecular flexibility index (Phi) is 15.8. The van der Waals surface area contributed by atoms with Crippen molar-refractivity contribution < 1.29 is 26.7 Å². The lowest BCUT2D eigenvalue weighted by atomic mass is 10.1. The van der Waals surface area contributed by atoms with Crippen LogP contribution >= 0.6 is 46.4 Å². The molecular weight excluding hydrogens is 1010 g/mol. The number of nitrogens with two attached hydrogens (primary N) is 2. The van der Waals surface area contributed by atoms with Gasteiger partial charge in [0.2, 0.25) is 10.0 Å². The number of benzene rings is 3. The van der Waals surface area contributed by atoms with Crippen molar-refractivity contribution >= 4 is 68.1 Å². The largest absolute Gasteiger partial charge is 0.482 e. The average Bonchev–Trinajstić information content (AvgIpc) is 4.06. The SMILES string of the molecule is CC(Oc1cc(-c2cn(C3CCNCC3)nn2)cnc1N)c1c(Cl)ccc(F)c1Cl.Cc1ccc(S(=O)(=O)N2CCC(n3cc(-c4cnc(N)c(OC(C)c5c(Cl)ccc(F)c5Cl)c4)nn3)CC2)cc1. The van der Waals surface area contributed by atoms with Crippen LogP contribution in [-0.2, 0) is 10.0 Å². The van der Waals surface area contributed by atoms with E-state index in [-0.39, 0.29) is 38.5 Å². The molecule has 23 heteroatoms. The van der Waals surface area contributed by atoms with Crippen molar-refractivity contribution in [2.45, 2.75) is 75.6 Å². The Balaban J connectivity index is 0.000000196. The molecule has 3 aromatic carbocycles. The molecule has 2 fully saturated rings. The number of sulfonamides is 1. The van der Waals surface area contributed by atoms with Crippen LogP contribution in [0, 0.1) is 18.6 Å². The summed E-state index contributed by atoms with van der Waals surface area (Å²) in [6, 6.07) is 15.8. The zero-order chi connectivity index (χ0) is 49.9. The molecule has 2 atom stereocenters. The second-order valence-corrected chi connectivity index (χ2v) is 20.4. The Morgan fingerprint density at radius 1 is 0.686 bits per heavy atom. The van der Waals surface area contributed by atoms with Crippen molar-refractivity contribution in [2.24, 2.45) is 0 Å². The van der Waals surface area contributed by atoms with Crippen LogP contribution in [0.2, 0.25) is 20.1 Å². The highest BCUT2D eigenvalue weighted by molar-refractivity contribution is 7.89. The van der Waals surface area contributed by atoms with Crippen LogP contribution in [0.1, 0.15) is 80.5 Å². The van der Waals surface area contributed by atoms with Gasteiger partial charge in [-0.15, -0.1) is 10.2 Å². The fourth-order valence-electron chi connectivity index (χ4n) is 8.16.